The molecule has 3 aromatic rings. The third kappa shape index (κ3) is 4.31. The molecule has 0 unspecified atom stereocenters. The Hall–Kier alpha value is -3.22. The van der Waals surface area contributed by atoms with E-state index in [-0.39, 0.29) is 17.4 Å². The first-order chi connectivity index (χ1) is 13.1. The second-order valence-corrected chi connectivity index (χ2v) is 6.38. The van der Waals surface area contributed by atoms with Gasteiger partial charge in [0.1, 0.15) is 11.3 Å². The van der Waals surface area contributed by atoms with Gasteiger partial charge in [0.15, 0.2) is 11.5 Å². The van der Waals surface area contributed by atoms with Gasteiger partial charge in [-0.3, -0.25) is 9.59 Å². The van der Waals surface area contributed by atoms with Gasteiger partial charge in [0.2, 0.25) is 6.41 Å². The van der Waals surface area contributed by atoms with Gasteiger partial charge in [-0.1, -0.05) is 18.2 Å². The van der Waals surface area contributed by atoms with Crippen molar-refractivity contribution in [2.75, 3.05) is 25.5 Å². The molecule has 2 amide bonds. The lowest BCUT2D eigenvalue weighted by atomic mass is 10.2. The van der Waals surface area contributed by atoms with E-state index in [1.807, 2.05) is 24.3 Å². The normalized spacial score (nSPS) is 10.7. The standard InChI is InChI=1S/C20H22N4O3/c1-23(20(26)18-19(24(2)14-25)22-11-10-21-18)12-6-5-8-16-13-15-7-3-4-9-17(15)27-16/h3-4,7,9-11,13-14H,5-6,8,12H2,1-2H3. The largest absolute Gasteiger partial charge is 0.461 e. The summed E-state index contributed by atoms with van der Waals surface area (Å²) in [5, 5.41) is 1.11. The molecule has 0 atom stereocenters. The maximum atomic E-state index is 12.6. The molecule has 0 bridgehead atoms. The van der Waals surface area contributed by atoms with E-state index in [1.165, 1.54) is 17.3 Å². The summed E-state index contributed by atoms with van der Waals surface area (Å²) in [7, 11) is 3.27. The van der Waals surface area contributed by atoms with Crippen molar-refractivity contribution >= 4 is 29.1 Å². The molecule has 140 valence electrons. The molecule has 2 heterocycles. The van der Waals surface area contributed by atoms with E-state index in [9.17, 15) is 9.59 Å². The van der Waals surface area contributed by atoms with E-state index in [4.69, 9.17) is 4.42 Å². The minimum absolute atomic E-state index is 0.173. The Morgan fingerprint density at radius 1 is 1.15 bits per heavy atom. The molecular formula is C20H22N4O3. The van der Waals surface area contributed by atoms with E-state index in [0.717, 1.165) is 36.0 Å². The summed E-state index contributed by atoms with van der Waals surface area (Å²) in [5.74, 6) is 0.955. The van der Waals surface area contributed by atoms with Crippen LogP contribution in [-0.2, 0) is 11.2 Å². The molecule has 0 saturated heterocycles. The number of carbonyl (C=O) groups is 2. The van der Waals surface area contributed by atoms with Crippen LogP contribution in [0.4, 0.5) is 5.82 Å². The molecule has 7 heteroatoms. The van der Waals surface area contributed by atoms with Gasteiger partial charge in [0, 0.05) is 44.8 Å². The highest BCUT2D eigenvalue weighted by atomic mass is 16.3. The molecule has 0 spiro atoms. The fourth-order valence-corrected chi connectivity index (χ4v) is 2.88. The van der Waals surface area contributed by atoms with Crippen LogP contribution in [-0.4, -0.2) is 47.8 Å². The predicted octanol–water partition coefficient (Wildman–Crippen LogP) is 2.91. The number of hydrogen-bond acceptors (Lipinski definition) is 5. The molecule has 0 aliphatic carbocycles. The second kappa shape index (κ2) is 8.44. The van der Waals surface area contributed by atoms with Gasteiger partial charge in [0.05, 0.1) is 0 Å². The number of aromatic nitrogens is 2. The zero-order chi connectivity index (χ0) is 19.2. The average molecular weight is 366 g/mol. The first-order valence-corrected chi connectivity index (χ1v) is 8.82. The number of fused-ring (bicyclic) bond motifs is 1. The fourth-order valence-electron chi connectivity index (χ4n) is 2.88. The number of carbonyl (C=O) groups excluding carboxylic acids is 2. The summed E-state index contributed by atoms with van der Waals surface area (Å²) in [4.78, 5) is 34.6. The molecule has 0 N–H and O–H groups in total. The van der Waals surface area contributed by atoms with Crippen molar-refractivity contribution in [2.24, 2.45) is 0 Å². The highest BCUT2D eigenvalue weighted by molar-refractivity contribution is 5.98. The van der Waals surface area contributed by atoms with E-state index >= 15 is 0 Å². The van der Waals surface area contributed by atoms with Crippen molar-refractivity contribution in [3.05, 3.63) is 54.2 Å². The van der Waals surface area contributed by atoms with Gasteiger partial charge in [-0.2, -0.15) is 0 Å². The minimum atomic E-state index is -0.254. The Bertz CT molecular complexity index is 905. The molecule has 0 fully saturated rings. The average Bonchev–Trinajstić information content (AvgIpc) is 3.12. The van der Waals surface area contributed by atoms with Crippen LogP contribution in [0.25, 0.3) is 11.0 Å². The summed E-state index contributed by atoms with van der Waals surface area (Å²) in [5.41, 5.74) is 1.07. The van der Waals surface area contributed by atoms with Gasteiger partial charge in [0.25, 0.3) is 5.91 Å². The summed E-state index contributed by atoms with van der Waals surface area (Å²) in [6.07, 6.45) is 6.07. The second-order valence-electron chi connectivity index (χ2n) is 6.38. The number of para-hydroxylation sites is 1. The van der Waals surface area contributed by atoms with Crippen LogP contribution in [0.15, 0.2) is 47.1 Å². The van der Waals surface area contributed by atoms with Gasteiger partial charge in [-0.05, 0) is 25.0 Å². The predicted molar refractivity (Wildman–Crippen MR) is 103 cm³/mol. The molecule has 0 aliphatic heterocycles. The Balaban J connectivity index is 1.54. The van der Waals surface area contributed by atoms with Crippen molar-refractivity contribution in [3.8, 4) is 0 Å². The molecule has 0 aliphatic rings. The molecule has 0 radical (unpaired) electrons. The number of amides is 2. The molecule has 0 saturated carbocycles. The maximum absolute atomic E-state index is 12.6. The van der Waals surface area contributed by atoms with Crippen LogP contribution in [0.2, 0.25) is 0 Å². The zero-order valence-corrected chi connectivity index (χ0v) is 15.5. The molecule has 3 rings (SSSR count). The molecular weight excluding hydrogens is 344 g/mol. The monoisotopic (exact) mass is 366 g/mol. The molecule has 1 aromatic carbocycles. The fraction of sp³-hybridized carbons (Fsp3) is 0.300. The molecule has 7 nitrogen and oxygen atoms in total. The Morgan fingerprint density at radius 3 is 2.70 bits per heavy atom. The van der Waals surface area contributed by atoms with Crippen molar-refractivity contribution < 1.29 is 14.0 Å². The van der Waals surface area contributed by atoms with Crippen LogP contribution in [0.1, 0.15) is 29.1 Å². The lowest BCUT2D eigenvalue weighted by Crippen LogP contribution is -2.31. The summed E-state index contributed by atoms with van der Waals surface area (Å²) in [6.45, 7) is 0.583. The van der Waals surface area contributed by atoms with E-state index in [2.05, 4.69) is 16.0 Å². The van der Waals surface area contributed by atoms with Crippen LogP contribution < -0.4 is 4.90 Å². The lowest BCUT2D eigenvalue weighted by molar-refractivity contribution is -0.107. The lowest BCUT2D eigenvalue weighted by Gasteiger charge is -2.19. The van der Waals surface area contributed by atoms with E-state index < -0.39 is 0 Å². The van der Waals surface area contributed by atoms with E-state index in [0.29, 0.717) is 13.0 Å². The summed E-state index contributed by atoms with van der Waals surface area (Å²) in [6, 6.07) is 10.00. The number of benzene rings is 1. The number of aryl methyl sites for hydroxylation is 1. The third-order valence-corrected chi connectivity index (χ3v) is 4.36. The van der Waals surface area contributed by atoms with Crippen molar-refractivity contribution in [1.29, 1.82) is 0 Å². The van der Waals surface area contributed by atoms with Crippen LogP contribution >= 0.6 is 0 Å². The zero-order valence-electron chi connectivity index (χ0n) is 15.5. The van der Waals surface area contributed by atoms with Crippen LogP contribution in [0.5, 0.6) is 0 Å². The van der Waals surface area contributed by atoms with Crippen LogP contribution in [0, 0.1) is 0 Å². The first kappa shape index (κ1) is 18.6. The quantitative estimate of drug-likeness (QED) is 0.452. The van der Waals surface area contributed by atoms with Crippen LogP contribution in [0.3, 0.4) is 0 Å². The van der Waals surface area contributed by atoms with Gasteiger partial charge in [-0.15, -0.1) is 0 Å². The number of hydrogen-bond donors (Lipinski definition) is 0. The number of unbranched alkanes of at least 4 members (excludes halogenated alkanes) is 1. The first-order valence-electron chi connectivity index (χ1n) is 8.82. The van der Waals surface area contributed by atoms with Gasteiger partial charge < -0.3 is 14.2 Å². The highest BCUT2D eigenvalue weighted by Crippen LogP contribution is 2.20. The number of nitrogens with zero attached hydrogens (tertiary/aromatic N) is 4. The van der Waals surface area contributed by atoms with Crippen molar-refractivity contribution in [2.45, 2.75) is 19.3 Å². The Labute approximate surface area is 157 Å². The Kier molecular flexibility index (Phi) is 5.80. The maximum Gasteiger partial charge on any atom is 0.276 e. The SMILES string of the molecule is CN(CCCCc1cc2ccccc2o1)C(=O)c1nccnc1N(C)C=O. The van der Waals surface area contributed by atoms with E-state index in [1.54, 1.807) is 19.0 Å². The number of furan rings is 1. The van der Waals surface area contributed by atoms with Crippen molar-refractivity contribution in [1.82, 2.24) is 14.9 Å². The third-order valence-electron chi connectivity index (χ3n) is 4.36. The van der Waals surface area contributed by atoms with Crippen molar-refractivity contribution in [3.63, 3.8) is 0 Å². The topological polar surface area (TPSA) is 79.5 Å². The number of anilines is 1. The number of rotatable bonds is 8. The van der Waals surface area contributed by atoms with Gasteiger partial charge >= 0.3 is 0 Å². The molecule has 2 aromatic heterocycles. The minimum Gasteiger partial charge on any atom is -0.461 e. The summed E-state index contributed by atoms with van der Waals surface area (Å²) < 4.78 is 5.81. The summed E-state index contributed by atoms with van der Waals surface area (Å²) >= 11 is 0. The Morgan fingerprint density at radius 2 is 1.93 bits per heavy atom. The molecule has 27 heavy (non-hydrogen) atoms. The smallest absolute Gasteiger partial charge is 0.276 e. The van der Waals surface area contributed by atoms with Gasteiger partial charge in [-0.25, -0.2) is 9.97 Å². The highest BCUT2D eigenvalue weighted by Gasteiger charge is 2.20.